The fourth-order valence-corrected chi connectivity index (χ4v) is 3.06. The van der Waals surface area contributed by atoms with Gasteiger partial charge in [-0.25, -0.2) is 4.98 Å². The van der Waals surface area contributed by atoms with E-state index in [-0.39, 0.29) is 6.04 Å². The fourth-order valence-electron chi connectivity index (χ4n) is 3.06. The molecule has 2 unspecified atom stereocenters. The number of rotatable bonds is 3. The molecule has 1 N–H and O–H groups in total. The highest BCUT2D eigenvalue weighted by Crippen LogP contribution is 2.30. The number of hydrogen-bond acceptors (Lipinski definition) is 3. The summed E-state index contributed by atoms with van der Waals surface area (Å²) < 4.78 is 7.91. The van der Waals surface area contributed by atoms with Crippen molar-refractivity contribution in [1.29, 1.82) is 0 Å². The summed E-state index contributed by atoms with van der Waals surface area (Å²) in [5.41, 5.74) is 2.53. The molecule has 0 spiro atoms. The number of nitrogens with zero attached hydrogens (tertiary/aromatic N) is 2. The summed E-state index contributed by atoms with van der Waals surface area (Å²) in [6.07, 6.45) is 6.36. The normalized spacial score (nSPS) is 20.9. The van der Waals surface area contributed by atoms with Crippen molar-refractivity contribution in [2.24, 2.45) is 0 Å². The maximum atomic E-state index is 5.65. The van der Waals surface area contributed by atoms with E-state index < -0.39 is 0 Å². The van der Waals surface area contributed by atoms with E-state index in [0.717, 1.165) is 18.1 Å². The fraction of sp³-hybridized carbons (Fsp3) is 0.533. The van der Waals surface area contributed by atoms with Crippen LogP contribution in [0, 0.1) is 13.8 Å². The molecule has 4 heteroatoms. The van der Waals surface area contributed by atoms with E-state index in [1.165, 1.54) is 24.1 Å². The lowest BCUT2D eigenvalue weighted by Crippen LogP contribution is -2.19. The van der Waals surface area contributed by atoms with Gasteiger partial charge in [-0.05, 0) is 46.2 Å². The molecule has 1 fully saturated rings. The molecule has 1 aliphatic heterocycles. The van der Waals surface area contributed by atoms with Gasteiger partial charge in [-0.15, -0.1) is 0 Å². The van der Waals surface area contributed by atoms with Crippen LogP contribution in [0.2, 0.25) is 0 Å². The molecule has 2 atom stereocenters. The largest absolute Gasteiger partial charge is 0.466 e. The maximum absolute atomic E-state index is 5.65. The third-order valence-corrected chi connectivity index (χ3v) is 4.06. The Hall–Kier alpha value is -1.55. The Morgan fingerprint density at radius 3 is 2.95 bits per heavy atom. The standard InChI is InChI=1S/C15H21N3O/c1-10-7-13(12(3)19-10)11(2)18-9-16-8-15(18)14-5-4-6-17-14/h7-9,11,14,17H,4-6H2,1-3H3. The SMILES string of the molecule is Cc1cc(C(C)n2cncc2C2CCCN2)c(C)o1. The molecule has 4 nitrogen and oxygen atoms in total. The predicted octanol–water partition coefficient (Wildman–Crippen LogP) is 3.13. The minimum Gasteiger partial charge on any atom is -0.466 e. The van der Waals surface area contributed by atoms with Crippen LogP contribution in [0.3, 0.4) is 0 Å². The number of imidazole rings is 1. The minimum atomic E-state index is 0.261. The van der Waals surface area contributed by atoms with Gasteiger partial charge in [-0.1, -0.05) is 0 Å². The number of furan rings is 1. The highest BCUT2D eigenvalue weighted by Gasteiger charge is 2.23. The number of nitrogens with one attached hydrogen (secondary N) is 1. The van der Waals surface area contributed by atoms with E-state index in [2.05, 4.69) is 27.9 Å². The zero-order chi connectivity index (χ0) is 13.4. The highest BCUT2D eigenvalue weighted by molar-refractivity contribution is 5.25. The Morgan fingerprint density at radius 1 is 1.47 bits per heavy atom. The van der Waals surface area contributed by atoms with Crippen molar-refractivity contribution in [3.05, 3.63) is 41.4 Å². The van der Waals surface area contributed by atoms with E-state index in [1.807, 2.05) is 26.4 Å². The zero-order valence-electron chi connectivity index (χ0n) is 11.8. The topological polar surface area (TPSA) is 43.0 Å². The first-order chi connectivity index (χ1) is 9.16. The van der Waals surface area contributed by atoms with Crippen molar-refractivity contribution >= 4 is 0 Å². The molecule has 0 amide bonds. The molecule has 0 bridgehead atoms. The Balaban J connectivity index is 1.93. The lowest BCUT2D eigenvalue weighted by molar-refractivity contribution is 0.488. The van der Waals surface area contributed by atoms with Gasteiger partial charge in [0.15, 0.2) is 0 Å². The van der Waals surface area contributed by atoms with Crippen LogP contribution >= 0.6 is 0 Å². The van der Waals surface area contributed by atoms with Gasteiger partial charge in [0, 0.05) is 17.8 Å². The molecule has 0 radical (unpaired) electrons. The maximum Gasteiger partial charge on any atom is 0.106 e. The molecule has 1 aliphatic rings. The van der Waals surface area contributed by atoms with Crippen LogP contribution in [0.15, 0.2) is 23.0 Å². The molecule has 3 heterocycles. The van der Waals surface area contributed by atoms with Crippen LogP contribution < -0.4 is 5.32 Å². The monoisotopic (exact) mass is 259 g/mol. The Morgan fingerprint density at radius 2 is 2.32 bits per heavy atom. The molecule has 1 saturated heterocycles. The summed E-state index contributed by atoms with van der Waals surface area (Å²) in [4.78, 5) is 4.34. The molecule has 19 heavy (non-hydrogen) atoms. The van der Waals surface area contributed by atoms with Gasteiger partial charge in [-0.2, -0.15) is 0 Å². The molecule has 2 aromatic rings. The summed E-state index contributed by atoms with van der Waals surface area (Å²) in [5.74, 6) is 1.98. The summed E-state index contributed by atoms with van der Waals surface area (Å²) in [5, 5.41) is 3.54. The lowest BCUT2D eigenvalue weighted by Gasteiger charge is -2.19. The van der Waals surface area contributed by atoms with Crippen molar-refractivity contribution in [3.8, 4) is 0 Å². The van der Waals surface area contributed by atoms with Gasteiger partial charge in [0.1, 0.15) is 11.5 Å². The van der Waals surface area contributed by atoms with Crippen molar-refractivity contribution in [2.45, 2.75) is 45.7 Å². The summed E-state index contributed by atoms with van der Waals surface area (Å²) >= 11 is 0. The van der Waals surface area contributed by atoms with Crippen molar-refractivity contribution in [1.82, 2.24) is 14.9 Å². The predicted molar refractivity (Wildman–Crippen MR) is 74.2 cm³/mol. The third-order valence-electron chi connectivity index (χ3n) is 4.06. The van der Waals surface area contributed by atoms with Crippen LogP contribution in [0.4, 0.5) is 0 Å². The van der Waals surface area contributed by atoms with Crippen LogP contribution in [0.25, 0.3) is 0 Å². The molecule has 102 valence electrons. The Bertz CT molecular complexity index is 564. The Kier molecular flexibility index (Phi) is 3.19. The second kappa shape index (κ2) is 4.85. The lowest BCUT2D eigenvalue weighted by atomic mass is 10.1. The van der Waals surface area contributed by atoms with Crippen LogP contribution in [0.1, 0.15) is 54.6 Å². The highest BCUT2D eigenvalue weighted by atomic mass is 16.3. The molecule has 0 saturated carbocycles. The summed E-state index contributed by atoms with van der Waals surface area (Å²) in [7, 11) is 0. The summed E-state index contributed by atoms with van der Waals surface area (Å²) in [6.45, 7) is 7.34. The van der Waals surface area contributed by atoms with E-state index in [1.54, 1.807) is 0 Å². The first-order valence-electron chi connectivity index (χ1n) is 6.99. The van der Waals surface area contributed by atoms with Crippen LogP contribution in [-0.4, -0.2) is 16.1 Å². The van der Waals surface area contributed by atoms with Gasteiger partial charge in [0.05, 0.1) is 18.1 Å². The minimum absolute atomic E-state index is 0.261. The van der Waals surface area contributed by atoms with E-state index in [9.17, 15) is 0 Å². The second-order valence-corrected chi connectivity index (χ2v) is 5.42. The quantitative estimate of drug-likeness (QED) is 0.921. The molecule has 3 rings (SSSR count). The molecular formula is C15H21N3O. The van der Waals surface area contributed by atoms with E-state index >= 15 is 0 Å². The molecular weight excluding hydrogens is 238 g/mol. The van der Waals surface area contributed by atoms with E-state index in [4.69, 9.17) is 4.42 Å². The zero-order valence-corrected chi connectivity index (χ0v) is 11.8. The Labute approximate surface area is 113 Å². The van der Waals surface area contributed by atoms with Crippen molar-refractivity contribution < 1.29 is 4.42 Å². The van der Waals surface area contributed by atoms with E-state index in [0.29, 0.717) is 6.04 Å². The number of hydrogen-bond donors (Lipinski definition) is 1. The first-order valence-corrected chi connectivity index (χ1v) is 6.99. The summed E-state index contributed by atoms with van der Waals surface area (Å²) in [6, 6.07) is 2.84. The number of aryl methyl sites for hydroxylation is 2. The molecule has 0 aromatic carbocycles. The smallest absolute Gasteiger partial charge is 0.106 e. The molecule has 2 aromatic heterocycles. The number of aromatic nitrogens is 2. The van der Waals surface area contributed by atoms with Gasteiger partial charge < -0.3 is 14.3 Å². The van der Waals surface area contributed by atoms with Crippen LogP contribution in [-0.2, 0) is 0 Å². The third kappa shape index (κ3) is 2.21. The van der Waals surface area contributed by atoms with Gasteiger partial charge >= 0.3 is 0 Å². The second-order valence-electron chi connectivity index (χ2n) is 5.42. The van der Waals surface area contributed by atoms with Crippen molar-refractivity contribution in [3.63, 3.8) is 0 Å². The van der Waals surface area contributed by atoms with Gasteiger partial charge in [0.25, 0.3) is 0 Å². The molecule has 0 aliphatic carbocycles. The van der Waals surface area contributed by atoms with Crippen LogP contribution in [0.5, 0.6) is 0 Å². The average molecular weight is 259 g/mol. The van der Waals surface area contributed by atoms with Gasteiger partial charge in [-0.3, -0.25) is 0 Å². The van der Waals surface area contributed by atoms with Crippen molar-refractivity contribution in [2.75, 3.05) is 6.54 Å². The van der Waals surface area contributed by atoms with Gasteiger partial charge in [0.2, 0.25) is 0 Å². The first kappa shape index (κ1) is 12.5. The average Bonchev–Trinajstić information content (AvgIpc) is 3.06.